The van der Waals surface area contributed by atoms with E-state index in [0.717, 1.165) is 25.9 Å². The number of rotatable bonds is 3. The molecule has 0 aromatic carbocycles. The van der Waals surface area contributed by atoms with Crippen molar-refractivity contribution in [3.63, 3.8) is 0 Å². The van der Waals surface area contributed by atoms with Gasteiger partial charge in [0, 0.05) is 11.8 Å². The summed E-state index contributed by atoms with van der Waals surface area (Å²) in [5.74, 6) is 0.215. The van der Waals surface area contributed by atoms with Gasteiger partial charge in [-0.2, -0.15) is 0 Å². The summed E-state index contributed by atoms with van der Waals surface area (Å²) < 4.78 is 24.3. The van der Waals surface area contributed by atoms with Gasteiger partial charge in [0.1, 0.15) is 5.15 Å². The van der Waals surface area contributed by atoms with Crippen LogP contribution in [0.4, 0.5) is 0 Å². The predicted molar refractivity (Wildman–Crippen MR) is 69.4 cm³/mol. The van der Waals surface area contributed by atoms with Crippen LogP contribution in [0.5, 0.6) is 0 Å². The molecule has 1 aliphatic rings. The summed E-state index contributed by atoms with van der Waals surface area (Å²) in [5, 5.41) is 3.23. The molecule has 0 aliphatic carbocycles. The van der Waals surface area contributed by atoms with Gasteiger partial charge in [-0.1, -0.05) is 11.6 Å². The quantitative estimate of drug-likeness (QED) is 0.669. The molecule has 2 rings (SSSR count). The van der Waals surface area contributed by atoms with Gasteiger partial charge in [-0.3, -0.25) is 0 Å². The third kappa shape index (κ3) is 3.18. The van der Waals surface area contributed by atoms with E-state index in [1.54, 1.807) is 6.92 Å². The lowest BCUT2D eigenvalue weighted by atomic mass is 10.0. The molecule has 0 amide bonds. The SMILES string of the molecule is Cc1cnc(S(=O)(=O)C[C@H]2CCCNC2)nc1Cl. The number of nitrogens with zero attached hydrogens (tertiary/aromatic N) is 2. The Kier molecular flexibility index (Phi) is 4.19. The molecule has 0 unspecified atom stereocenters. The molecule has 5 nitrogen and oxygen atoms in total. The van der Waals surface area contributed by atoms with Crippen LogP contribution < -0.4 is 5.32 Å². The zero-order valence-corrected chi connectivity index (χ0v) is 11.8. The maximum absolute atomic E-state index is 12.2. The van der Waals surface area contributed by atoms with Gasteiger partial charge in [0.05, 0.1) is 5.75 Å². The molecule has 1 fully saturated rings. The molecular formula is C11H16ClN3O2S. The fourth-order valence-electron chi connectivity index (χ4n) is 2.01. The topological polar surface area (TPSA) is 72.0 Å². The van der Waals surface area contributed by atoms with Crippen molar-refractivity contribution in [3.8, 4) is 0 Å². The van der Waals surface area contributed by atoms with Crippen LogP contribution in [0.1, 0.15) is 18.4 Å². The predicted octanol–water partition coefficient (Wildman–Crippen LogP) is 1.21. The number of nitrogens with one attached hydrogen (secondary N) is 1. The highest BCUT2D eigenvalue weighted by atomic mass is 35.5. The zero-order valence-electron chi connectivity index (χ0n) is 10.2. The smallest absolute Gasteiger partial charge is 0.248 e. The molecule has 100 valence electrons. The molecule has 7 heteroatoms. The number of hydrogen-bond acceptors (Lipinski definition) is 5. The molecule has 1 aromatic rings. The van der Waals surface area contributed by atoms with Gasteiger partial charge in [0.25, 0.3) is 0 Å². The Balaban J connectivity index is 2.16. The van der Waals surface area contributed by atoms with E-state index < -0.39 is 9.84 Å². The van der Waals surface area contributed by atoms with Gasteiger partial charge in [-0.05, 0) is 38.8 Å². The van der Waals surface area contributed by atoms with Gasteiger partial charge < -0.3 is 5.32 Å². The Labute approximate surface area is 112 Å². The molecule has 1 aliphatic heterocycles. The summed E-state index contributed by atoms with van der Waals surface area (Å²) in [6.45, 7) is 3.44. The van der Waals surface area contributed by atoms with E-state index in [1.165, 1.54) is 6.20 Å². The van der Waals surface area contributed by atoms with E-state index in [-0.39, 0.29) is 22.0 Å². The van der Waals surface area contributed by atoms with Crippen molar-refractivity contribution < 1.29 is 8.42 Å². The molecule has 0 saturated carbocycles. The molecule has 0 spiro atoms. The van der Waals surface area contributed by atoms with Gasteiger partial charge in [-0.15, -0.1) is 0 Å². The highest BCUT2D eigenvalue weighted by Crippen LogP contribution is 2.18. The van der Waals surface area contributed by atoms with E-state index in [2.05, 4.69) is 15.3 Å². The first kappa shape index (κ1) is 13.7. The summed E-state index contributed by atoms with van der Waals surface area (Å²) in [7, 11) is -3.45. The summed E-state index contributed by atoms with van der Waals surface area (Å²) >= 11 is 5.83. The van der Waals surface area contributed by atoms with Crippen LogP contribution in [0.2, 0.25) is 5.15 Å². The van der Waals surface area contributed by atoms with E-state index in [4.69, 9.17) is 11.6 Å². The lowest BCUT2D eigenvalue weighted by Crippen LogP contribution is -2.34. The number of sulfone groups is 1. The van der Waals surface area contributed by atoms with Crippen molar-refractivity contribution in [1.82, 2.24) is 15.3 Å². The Morgan fingerprint density at radius 2 is 2.33 bits per heavy atom. The molecule has 2 heterocycles. The number of halogens is 1. The van der Waals surface area contributed by atoms with E-state index >= 15 is 0 Å². The molecule has 1 N–H and O–H groups in total. The monoisotopic (exact) mass is 289 g/mol. The zero-order chi connectivity index (χ0) is 13.2. The highest BCUT2D eigenvalue weighted by molar-refractivity contribution is 7.91. The normalized spacial score (nSPS) is 20.9. The Morgan fingerprint density at radius 1 is 1.56 bits per heavy atom. The maximum atomic E-state index is 12.2. The van der Waals surface area contributed by atoms with Crippen LogP contribution in [0.25, 0.3) is 0 Å². The van der Waals surface area contributed by atoms with Crippen molar-refractivity contribution in [2.24, 2.45) is 5.92 Å². The van der Waals surface area contributed by atoms with Gasteiger partial charge in [-0.25, -0.2) is 18.4 Å². The van der Waals surface area contributed by atoms with Crippen molar-refractivity contribution in [2.45, 2.75) is 24.9 Å². The van der Waals surface area contributed by atoms with Crippen LogP contribution in [-0.2, 0) is 9.84 Å². The highest BCUT2D eigenvalue weighted by Gasteiger charge is 2.25. The first-order chi connectivity index (χ1) is 8.49. The number of hydrogen-bond donors (Lipinski definition) is 1. The fourth-order valence-corrected chi connectivity index (χ4v) is 3.68. The maximum Gasteiger partial charge on any atom is 0.248 e. The summed E-state index contributed by atoms with van der Waals surface area (Å²) in [6.07, 6.45) is 3.38. The minimum absolute atomic E-state index is 0.0827. The van der Waals surface area contributed by atoms with Crippen LogP contribution in [-0.4, -0.2) is 37.2 Å². The average Bonchev–Trinajstić information content (AvgIpc) is 2.33. The number of piperidine rings is 1. The molecule has 1 aromatic heterocycles. The van der Waals surface area contributed by atoms with E-state index in [9.17, 15) is 8.42 Å². The van der Waals surface area contributed by atoms with Gasteiger partial charge in [0.2, 0.25) is 15.0 Å². The van der Waals surface area contributed by atoms with E-state index in [1.807, 2.05) is 0 Å². The second-order valence-corrected chi connectivity index (χ2v) is 6.91. The van der Waals surface area contributed by atoms with Crippen molar-refractivity contribution in [2.75, 3.05) is 18.8 Å². The summed E-state index contributed by atoms with van der Waals surface area (Å²) in [6, 6.07) is 0. The Morgan fingerprint density at radius 3 is 2.94 bits per heavy atom. The first-order valence-electron chi connectivity index (χ1n) is 5.91. The summed E-state index contributed by atoms with van der Waals surface area (Å²) in [5.41, 5.74) is 0.676. The van der Waals surface area contributed by atoms with Crippen LogP contribution >= 0.6 is 11.6 Å². The largest absolute Gasteiger partial charge is 0.316 e. The van der Waals surface area contributed by atoms with Crippen molar-refractivity contribution in [3.05, 3.63) is 16.9 Å². The lowest BCUT2D eigenvalue weighted by Gasteiger charge is -2.21. The summed E-state index contributed by atoms with van der Waals surface area (Å²) in [4.78, 5) is 7.73. The molecule has 1 saturated heterocycles. The third-order valence-corrected chi connectivity index (χ3v) is 5.07. The van der Waals surface area contributed by atoms with Crippen LogP contribution in [0, 0.1) is 12.8 Å². The number of aryl methyl sites for hydroxylation is 1. The molecule has 0 radical (unpaired) electrons. The second-order valence-electron chi connectivity index (χ2n) is 4.62. The van der Waals surface area contributed by atoms with Gasteiger partial charge >= 0.3 is 0 Å². The molecule has 18 heavy (non-hydrogen) atoms. The van der Waals surface area contributed by atoms with Crippen molar-refractivity contribution >= 4 is 21.4 Å². The number of aromatic nitrogens is 2. The molecular weight excluding hydrogens is 274 g/mol. The van der Waals surface area contributed by atoms with E-state index in [0.29, 0.717) is 5.56 Å². The molecule has 1 atom stereocenters. The Hall–Kier alpha value is -0.720. The third-order valence-electron chi connectivity index (χ3n) is 3.02. The van der Waals surface area contributed by atoms with Crippen LogP contribution in [0.3, 0.4) is 0 Å². The second kappa shape index (κ2) is 5.50. The minimum Gasteiger partial charge on any atom is -0.316 e. The standard InChI is InChI=1S/C11H16ClN3O2S/c1-8-5-14-11(15-10(8)12)18(16,17)7-9-3-2-4-13-6-9/h5,9,13H,2-4,6-7H2,1H3/t9-/m0/s1. The minimum atomic E-state index is -3.45. The lowest BCUT2D eigenvalue weighted by molar-refractivity contribution is 0.403. The van der Waals surface area contributed by atoms with Crippen LogP contribution in [0.15, 0.2) is 11.4 Å². The Bertz CT molecular complexity index is 527. The van der Waals surface area contributed by atoms with Gasteiger partial charge in [0.15, 0.2) is 0 Å². The molecule has 0 bridgehead atoms. The average molecular weight is 290 g/mol. The van der Waals surface area contributed by atoms with Crippen molar-refractivity contribution in [1.29, 1.82) is 0 Å². The fraction of sp³-hybridized carbons (Fsp3) is 0.636. The first-order valence-corrected chi connectivity index (χ1v) is 7.94.